The molecule has 4 aromatic carbocycles. The van der Waals surface area contributed by atoms with Crippen LogP contribution in [0.25, 0.3) is 0 Å². The molecule has 10 nitrogen and oxygen atoms in total. The van der Waals surface area contributed by atoms with Gasteiger partial charge in [0.15, 0.2) is 11.6 Å². The van der Waals surface area contributed by atoms with Crippen LogP contribution in [-0.2, 0) is 17.4 Å². The summed E-state index contributed by atoms with van der Waals surface area (Å²) in [4.78, 5) is 38.7. The first-order chi connectivity index (χ1) is 22.4. The van der Waals surface area contributed by atoms with Crippen molar-refractivity contribution in [3.63, 3.8) is 0 Å². The Morgan fingerprint density at radius 3 is 1.19 bits per heavy atom. The summed E-state index contributed by atoms with van der Waals surface area (Å²) in [5, 5.41) is 0. The van der Waals surface area contributed by atoms with Gasteiger partial charge in [-0.15, -0.1) is 0 Å². The van der Waals surface area contributed by atoms with E-state index in [1.165, 1.54) is 36.4 Å². The van der Waals surface area contributed by atoms with Crippen LogP contribution in [0, 0.1) is 13.8 Å². The van der Waals surface area contributed by atoms with Crippen molar-refractivity contribution in [2.45, 2.75) is 39.5 Å². The number of benzene rings is 4. The minimum atomic E-state index is -4.86. The molecular formula is C36H38NaO10P. The van der Waals surface area contributed by atoms with E-state index in [0.717, 1.165) is 11.1 Å². The summed E-state index contributed by atoms with van der Waals surface area (Å²) in [6, 6.07) is 19.7. The summed E-state index contributed by atoms with van der Waals surface area (Å²) in [6.45, 7) is 3.41. The van der Waals surface area contributed by atoms with Gasteiger partial charge in [-0.1, -0.05) is 0 Å². The molecular weight excluding hydrogens is 646 g/mol. The molecule has 0 amide bonds. The van der Waals surface area contributed by atoms with Crippen LogP contribution in [0.5, 0.6) is 34.5 Å². The first-order valence-electron chi connectivity index (χ1n) is 14.9. The largest absolute Gasteiger partial charge is 1.00 e. The van der Waals surface area contributed by atoms with Crippen LogP contribution in [-0.4, -0.2) is 40.0 Å². The van der Waals surface area contributed by atoms with E-state index in [4.69, 9.17) is 28.0 Å². The number of hydrogen-bond acceptors (Lipinski definition) is 10. The molecule has 4 rings (SSSR count). The number of Topliss-reactive ketones (excluding diaryl/α,β-unsaturated/α-hetero) is 2. The van der Waals surface area contributed by atoms with Crippen LogP contribution in [0.3, 0.4) is 0 Å². The first-order valence-corrected chi connectivity index (χ1v) is 16.3. The summed E-state index contributed by atoms with van der Waals surface area (Å²) in [5.41, 5.74) is 3.80. The Morgan fingerprint density at radius 1 is 0.562 bits per heavy atom. The van der Waals surface area contributed by atoms with Crippen LogP contribution in [0.15, 0.2) is 72.8 Å². The molecule has 0 aliphatic heterocycles. The zero-order valence-corrected chi connectivity index (χ0v) is 31.2. The molecule has 248 valence electrons. The van der Waals surface area contributed by atoms with Gasteiger partial charge in [0, 0.05) is 36.1 Å². The quantitative estimate of drug-likeness (QED) is 0.0974. The van der Waals surface area contributed by atoms with Gasteiger partial charge >= 0.3 is 37.4 Å². The summed E-state index contributed by atoms with van der Waals surface area (Å²) < 4.78 is 44.3. The third-order valence-electron chi connectivity index (χ3n) is 7.53. The topological polar surface area (TPSA) is 130 Å². The molecule has 0 fully saturated rings. The van der Waals surface area contributed by atoms with Crippen molar-refractivity contribution in [1.29, 1.82) is 0 Å². The van der Waals surface area contributed by atoms with Crippen LogP contribution in [0.4, 0.5) is 0 Å². The van der Waals surface area contributed by atoms with E-state index < -0.39 is 7.82 Å². The predicted molar refractivity (Wildman–Crippen MR) is 176 cm³/mol. The van der Waals surface area contributed by atoms with Gasteiger partial charge in [0.1, 0.15) is 34.5 Å². The molecule has 0 N–H and O–H groups in total. The number of ketones is 2. The van der Waals surface area contributed by atoms with E-state index in [-0.39, 0.29) is 65.5 Å². The molecule has 0 heterocycles. The SMILES string of the molecule is COc1cc(CCC(=O)c2ccc(OP(=O)([O-])Oc3ccc(C(=O)CCc4cc(OC)cc(OC)c4)c(C)c3)cc2C)cc(OC)c1.[Na+]. The normalized spacial score (nSPS) is 10.8. The van der Waals surface area contributed by atoms with Crippen LogP contribution < -0.4 is 62.4 Å². The standard InChI is InChI=1S/C36H39O10P.Na/c1-23-15-27(9-11-33(23)35(37)13-7-25-17-29(41-3)21-30(18-25)42-4)45-47(39,40)46-28-10-12-34(24(2)16-28)36(38)14-8-26-19-31(43-5)22-32(20-26)44-6;/h9-12,15-22H,7-8,13-14H2,1-6H3,(H,39,40);/q;+1/p-1. The molecule has 0 aliphatic carbocycles. The van der Waals surface area contributed by atoms with Crippen molar-refractivity contribution in [3.8, 4) is 34.5 Å². The van der Waals surface area contributed by atoms with Crippen LogP contribution in [0.1, 0.15) is 55.8 Å². The Balaban J connectivity index is 0.00000625. The van der Waals surface area contributed by atoms with E-state index in [1.54, 1.807) is 54.4 Å². The maximum Gasteiger partial charge on any atom is 1.00 e. The smallest absolute Gasteiger partial charge is 0.736 e. The summed E-state index contributed by atoms with van der Waals surface area (Å²) in [6.07, 6.45) is 1.40. The molecule has 12 heteroatoms. The fourth-order valence-electron chi connectivity index (χ4n) is 5.09. The van der Waals surface area contributed by atoms with Crippen molar-refractivity contribution < 1.29 is 76.6 Å². The summed E-state index contributed by atoms with van der Waals surface area (Å²) >= 11 is 0. The summed E-state index contributed by atoms with van der Waals surface area (Å²) in [7, 11) is 1.39. The minimum absolute atomic E-state index is 0. The Labute approximate surface area is 303 Å². The molecule has 4 aromatic rings. The van der Waals surface area contributed by atoms with Gasteiger partial charge in [0.25, 0.3) is 0 Å². The number of methoxy groups -OCH3 is 4. The Kier molecular flexibility index (Phi) is 14.1. The number of aryl methyl sites for hydroxylation is 4. The molecule has 48 heavy (non-hydrogen) atoms. The third-order valence-corrected chi connectivity index (χ3v) is 8.40. The van der Waals surface area contributed by atoms with Crippen molar-refractivity contribution in [2.75, 3.05) is 28.4 Å². The number of rotatable bonds is 16. The zero-order chi connectivity index (χ0) is 34.1. The van der Waals surface area contributed by atoms with Gasteiger partial charge in [-0.05, 0) is 110 Å². The fraction of sp³-hybridized carbons (Fsp3) is 0.278. The van der Waals surface area contributed by atoms with Gasteiger partial charge in [0.05, 0.1) is 28.4 Å². The van der Waals surface area contributed by atoms with Crippen LogP contribution >= 0.6 is 7.82 Å². The first kappa shape index (κ1) is 38.7. The molecule has 0 saturated carbocycles. The predicted octanol–water partition coefficient (Wildman–Crippen LogP) is 3.90. The van der Waals surface area contributed by atoms with E-state index >= 15 is 0 Å². The number of carbonyl (C=O) groups excluding carboxylic acids is 2. The minimum Gasteiger partial charge on any atom is -0.736 e. The molecule has 0 unspecified atom stereocenters. The Hall–Kier alpha value is -3.79. The molecule has 0 spiro atoms. The third kappa shape index (κ3) is 10.6. The monoisotopic (exact) mass is 684 g/mol. The molecule has 0 bridgehead atoms. The number of phosphoric acid groups is 1. The van der Waals surface area contributed by atoms with Crippen molar-refractivity contribution in [2.24, 2.45) is 0 Å². The van der Waals surface area contributed by atoms with Gasteiger partial charge in [-0.3, -0.25) is 9.59 Å². The Morgan fingerprint density at radius 2 is 0.896 bits per heavy atom. The maximum atomic E-state index is 13.0. The molecule has 0 saturated heterocycles. The van der Waals surface area contributed by atoms with Gasteiger partial charge in [-0.25, -0.2) is 4.57 Å². The number of carbonyl (C=O) groups is 2. The van der Waals surface area contributed by atoms with Gasteiger partial charge < -0.3 is 32.9 Å². The van der Waals surface area contributed by atoms with E-state index in [2.05, 4.69) is 0 Å². The molecule has 0 radical (unpaired) electrons. The maximum absolute atomic E-state index is 13.0. The second-order valence-electron chi connectivity index (χ2n) is 10.9. The number of ether oxygens (including phenoxy) is 4. The van der Waals surface area contributed by atoms with E-state index in [1.807, 2.05) is 24.3 Å². The fourth-order valence-corrected chi connectivity index (χ4v) is 5.88. The number of hydrogen-bond donors (Lipinski definition) is 0. The van der Waals surface area contributed by atoms with Crippen molar-refractivity contribution in [3.05, 3.63) is 106 Å². The van der Waals surface area contributed by atoms with Gasteiger partial charge in [-0.2, -0.15) is 0 Å². The van der Waals surface area contributed by atoms with Crippen molar-refractivity contribution in [1.82, 2.24) is 0 Å². The summed E-state index contributed by atoms with van der Waals surface area (Å²) in [5.74, 6) is 2.34. The van der Waals surface area contributed by atoms with Crippen LogP contribution in [0.2, 0.25) is 0 Å². The number of phosphoric ester groups is 1. The molecule has 0 aromatic heterocycles. The zero-order valence-electron chi connectivity index (χ0n) is 28.3. The van der Waals surface area contributed by atoms with E-state index in [9.17, 15) is 19.0 Å². The van der Waals surface area contributed by atoms with E-state index in [0.29, 0.717) is 58.1 Å². The average molecular weight is 685 g/mol. The second-order valence-corrected chi connectivity index (χ2v) is 12.1. The second kappa shape index (κ2) is 17.6. The average Bonchev–Trinajstić information content (AvgIpc) is 3.05. The van der Waals surface area contributed by atoms with Crippen molar-refractivity contribution >= 4 is 19.4 Å². The molecule has 0 atom stereocenters. The molecule has 0 aliphatic rings. The Bertz CT molecular complexity index is 1630. The van der Waals surface area contributed by atoms with Gasteiger partial charge in [0.2, 0.25) is 0 Å².